The molecule has 2 aromatic rings. The van der Waals surface area contributed by atoms with Gasteiger partial charge in [0, 0.05) is 11.1 Å². The minimum atomic E-state index is 0.997. The molecule has 0 bridgehead atoms. The first kappa shape index (κ1) is 11.5. The van der Waals surface area contributed by atoms with Crippen molar-refractivity contribution >= 4 is 0 Å². The maximum absolute atomic E-state index is 5.57. The molecule has 18 heavy (non-hydrogen) atoms. The van der Waals surface area contributed by atoms with E-state index in [1.54, 1.807) is 0 Å². The predicted octanol–water partition coefficient (Wildman–Crippen LogP) is 2.59. The molecule has 3 nitrogen and oxygen atoms in total. The molecule has 0 aliphatic heterocycles. The summed E-state index contributed by atoms with van der Waals surface area (Å²) in [4.78, 5) is 0. The number of benzene rings is 1. The molecule has 1 aromatic heterocycles. The highest BCUT2D eigenvalue weighted by atomic mass is 16.5. The molecule has 0 spiro atoms. The molecule has 3 heteroatoms. The number of fused-ring (bicyclic) bond motifs is 3. The van der Waals surface area contributed by atoms with Crippen molar-refractivity contribution in [1.82, 2.24) is 10.5 Å². The summed E-state index contributed by atoms with van der Waals surface area (Å²) in [7, 11) is 1.98. The van der Waals surface area contributed by atoms with Gasteiger partial charge in [0.25, 0.3) is 0 Å². The van der Waals surface area contributed by atoms with E-state index in [2.05, 4.69) is 34.7 Å². The van der Waals surface area contributed by atoms with Gasteiger partial charge in [0.2, 0.25) is 0 Å². The van der Waals surface area contributed by atoms with Gasteiger partial charge in [0.15, 0.2) is 5.76 Å². The normalized spacial score (nSPS) is 13.2. The van der Waals surface area contributed by atoms with E-state index in [1.165, 1.54) is 16.7 Å². The molecular formula is C15H18N2O. The lowest BCUT2D eigenvalue weighted by atomic mass is 9.89. The van der Waals surface area contributed by atoms with Crippen LogP contribution >= 0.6 is 0 Å². The first-order valence-electron chi connectivity index (χ1n) is 6.60. The van der Waals surface area contributed by atoms with Crippen LogP contribution in [-0.4, -0.2) is 18.7 Å². The van der Waals surface area contributed by atoms with E-state index in [4.69, 9.17) is 4.52 Å². The van der Waals surface area contributed by atoms with E-state index in [0.717, 1.165) is 43.7 Å². The molecule has 0 unspecified atom stereocenters. The Balaban J connectivity index is 1.90. The van der Waals surface area contributed by atoms with E-state index < -0.39 is 0 Å². The summed E-state index contributed by atoms with van der Waals surface area (Å²) in [6.07, 6.45) is 4.27. The summed E-state index contributed by atoms with van der Waals surface area (Å²) < 4.78 is 5.57. The van der Waals surface area contributed by atoms with Crippen LogP contribution in [0.2, 0.25) is 0 Å². The standard InChI is InChI=1S/C15H18N2O/c1-16-10-4-7-14-13-9-8-11-5-2-3-6-12(11)15(13)18-17-14/h2-3,5-6,16H,4,7-10H2,1H3. The first-order valence-corrected chi connectivity index (χ1v) is 6.60. The molecule has 0 saturated heterocycles. The third kappa shape index (κ3) is 1.95. The van der Waals surface area contributed by atoms with E-state index in [1.807, 2.05) is 7.05 Å². The van der Waals surface area contributed by atoms with Crippen LogP contribution in [0.5, 0.6) is 0 Å². The van der Waals surface area contributed by atoms with Crippen molar-refractivity contribution < 1.29 is 4.52 Å². The second-order valence-electron chi connectivity index (χ2n) is 4.80. The SMILES string of the molecule is CNCCCc1noc2c1CCc1ccccc1-2. The van der Waals surface area contributed by atoms with Crippen molar-refractivity contribution in [3.05, 3.63) is 41.1 Å². The van der Waals surface area contributed by atoms with Crippen LogP contribution in [0, 0.1) is 0 Å². The number of aryl methyl sites for hydroxylation is 2. The smallest absolute Gasteiger partial charge is 0.170 e. The minimum absolute atomic E-state index is 0.997. The molecule has 1 N–H and O–H groups in total. The Morgan fingerprint density at radius 2 is 2.17 bits per heavy atom. The van der Waals surface area contributed by atoms with E-state index in [9.17, 15) is 0 Å². The highest BCUT2D eigenvalue weighted by Crippen LogP contribution is 2.35. The number of nitrogens with one attached hydrogen (secondary N) is 1. The van der Waals surface area contributed by atoms with E-state index >= 15 is 0 Å². The minimum Gasteiger partial charge on any atom is -0.356 e. The lowest BCUT2D eigenvalue weighted by Gasteiger charge is -2.14. The predicted molar refractivity (Wildman–Crippen MR) is 71.6 cm³/mol. The van der Waals surface area contributed by atoms with Gasteiger partial charge in [0.05, 0.1) is 5.69 Å². The third-order valence-electron chi connectivity index (χ3n) is 3.62. The third-order valence-corrected chi connectivity index (χ3v) is 3.62. The monoisotopic (exact) mass is 242 g/mol. The molecule has 1 aromatic carbocycles. The number of rotatable bonds is 4. The number of hydrogen-bond acceptors (Lipinski definition) is 3. The maximum atomic E-state index is 5.57. The molecule has 1 heterocycles. The molecule has 0 saturated carbocycles. The van der Waals surface area contributed by atoms with Crippen LogP contribution in [0.1, 0.15) is 23.2 Å². The fourth-order valence-electron chi connectivity index (χ4n) is 2.66. The van der Waals surface area contributed by atoms with Gasteiger partial charge in [-0.3, -0.25) is 0 Å². The summed E-state index contributed by atoms with van der Waals surface area (Å²) in [6.45, 7) is 1.03. The zero-order valence-electron chi connectivity index (χ0n) is 10.7. The number of hydrogen-bond donors (Lipinski definition) is 1. The summed E-state index contributed by atoms with van der Waals surface area (Å²) in [6, 6.07) is 8.47. The zero-order valence-corrected chi connectivity index (χ0v) is 10.7. The molecular weight excluding hydrogens is 224 g/mol. The summed E-state index contributed by atoms with van der Waals surface area (Å²) in [5.41, 5.74) is 5.08. The first-order chi connectivity index (χ1) is 8.90. The topological polar surface area (TPSA) is 38.1 Å². The van der Waals surface area contributed by atoms with Crippen molar-refractivity contribution in [1.29, 1.82) is 0 Å². The average molecular weight is 242 g/mol. The van der Waals surface area contributed by atoms with Crippen molar-refractivity contribution in [3.63, 3.8) is 0 Å². The van der Waals surface area contributed by atoms with Gasteiger partial charge in [-0.05, 0) is 44.8 Å². The van der Waals surface area contributed by atoms with Gasteiger partial charge in [-0.1, -0.05) is 29.4 Å². The van der Waals surface area contributed by atoms with E-state index in [-0.39, 0.29) is 0 Å². The summed E-state index contributed by atoms with van der Waals surface area (Å²) in [5.74, 6) is 0.997. The molecule has 3 rings (SSSR count). The molecule has 0 amide bonds. The highest BCUT2D eigenvalue weighted by Gasteiger charge is 2.23. The van der Waals surface area contributed by atoms with Crippen LogP contribution in [0.3, 0.4) is 0 Å². The molecule has 94 valence electrons. The van der Waals surface area contributed by atoms with Crippen LogP contribution < -0.4 is 5.32 Å². The fraction of sp³-hybridized carbons (Fsp3) is 0.400. The van der Waals surface area contributed by atoms with Crippen LogP contribution in [0.15, 0.2) is 28.8 Å². The van der Waals surface area contributed by atoms with Crippen molar-refractivity contribution in [2.45, 2.75) is 25.7 Å². The highest BCUT2D eigenvalue weighted by molar-refractivity contribution is 5.68. The Hall–Kier alpha value is -1.61. The lowest BCUT2D eigenvalue weighted by molar-refractivity contribution is 0.421. The Morgan fingerprint density at radius 1 is 1.28 bits per heavy atom. The van der Waals surface area contributed by atoms with Gasteiger partial charge >= 0.3 is 0 Å². The second-order valence-corrected chi connectivity index (χ2v) is 4.80. The van der Waals surface area contributed by atoms with Gasteiger partial charge in [-0.2, -0.15) is 0 Å². The van der Waals surface area contributed by atoms with Crippen molar-refractivity contribution in [2.75, 3.05) is 13.6 Å². The lowest BCUT2D eigenvalue weighted by Crippen LogP contribution is -2.09. The quantitative estimate of drug-likeness (QED) is 0.837. The Kier molecular flexibility index (Phi) is 3.15. The average Bonchev–Trinajstić information content (AvgIpc) is 2.83. The van der Waals surface area contributed by atoms with Gasteiger partial charge in [-0.25, -0.2) is 0 Å². The summed E-state index contributed by atoms with van der Waals surface area (Å²) >= 11 is 0. The molecule has 0 atom stereocenters. The largest absolute Gasteiger partial charge is 0.356 e. The fourth-order valence-corrected chi connectivity index (χ4v) is 2.66. The maximum Gasteiger partial charge on any atom is 0.170 e. The molecule has 1 aliphatic carbocycles. The van der Waals surface area contributed by atoms with Gasteiger partial charge < -0.3 is 9.84 Å². The number of aromatic nitrogens is 1. The van der Waals surface area contributed by atoms with Gasteiger partial charge in [-0.15, -0.1) is 0 Å². The Labute approximate surface area is 107 Å². The van der Waals surface area contributed by atoms with Crippen LogP contribution in [-0.2, 0) is 19.3 Å². The number of nitrogens with zero attached hydrogens (tertiary/aromatic N) is 1. The summed E-state index contributed by atoms with van der Waals surface area (Å²) in [5, 5.41) is 7.43. The van der Waals surface area contributed by atoms with Crippen LogP contribution in [0.25, 0.3) is 11.3 Å². The second kappa shape index (κ2) is 4.94. The van der Waals surface area contributed by atoms with Crippen molar-refractivity contribution in [3.8, 4) is 11.3 Å². The molecule has 0 radical (unpaired) electrons. The van der Waals surface area contributed by atoms with Gasteiger partial charge in [0.1, 0.15) is 0 Å². The zero-order chi connectivity index (χ0) is 12.4. The molecule has 0 fully saturated rings. The van der Waals surface area contributed by atoms with Crippen LogP contribution in [0.4, 0.5) is 0 Å². The Bertz CT molecular complexity index is 545. The molecule has 1 aliphatic rings. The van der Waals surface area contributed by atoms with Crippen molar-refractivity contribution in [2.24, 2.45) is 0 Å². The van der Waals surface area contributed by atoms with E-state index in [0.29, 0.717) is 0 Å². The Morgan fingerprint density at radius 3 is 3.06 bits per heavy atom.